The van der Waals surface area contributed by atoms with E-state index in [0.717, 1.165) is 31.4 Å². The highest BCUT2D eigenvalue weighted by Gasteiger charge is 2.25. The van der Waals surface area contributed by atoms with Gasteiger partial charge < -0.3 is 4.52 Å². The molecule has 6 heteroatoms. The Kier molecular flexibility index (Phi) is 4.79. The lowest BCUT2D eigenvalue weighted by Crippen LogP contribution is -2.12. The fourth-order valence-electron chi connectivity index (χ4n) is 3.57. The van der Waals surface area contributed by atoms with E-state index in [-0.39, 0.29) is 30.1 Å². The minimum Gasteiger partial charge on any atom is -0.339 e. The maximum Gasteiger partial charge on any atom is 0.227 e. The molecule has 2 aromatic carbocycles. The maximum atomic E-state index is 13.3. The van der Waals surface area contributed by atoms with Gasteiger partial charge in [0.15, 0.2) is 23.2 Å². The predicted molar refractivity (Wildman–Crippen MR) is 94.5 cm³/mol. The molecule has 138 valence electrons. The molecule has 1 aliphatic rings. The zero-order valence-electron chi connectivity index (χ0n) is 14.6. The fraction of sp³-hybridized carbons (Fsp3) is 0.286. The van der Waals surface area contributed by atoms with Gasteiger partial charge in [0.25, 0.3) is 0 Å². The molecule has 1 atom stereocenters. The molecule has 4 rings (SSSR count). The molecule has 3 aromatic rings. The minimum atomic E-state index is -1.03. The van der Waals surface area contributed by atoms with Gasteiger partial charge in [-0.2, -0.15) is 4.98 Å². The van der Waals surface area contributed by atoms with Gasteiger partial charge in [-0.25, -0.2) is 8.78 Å². The van der Waals surface area contributed by atoms with Crippen LogP contribution in [-0.2, 0) is 12.8 Å². The number of nitrogens with zero attached hydrogens (tertiary/aromatic N) is 2. The van der Waals surface area contributed by atoms with Crippen molar-refractivity contribution < 1.29 is 18.1 Å². The second kappa shape index (κ2) is 7.39. The van der Waals surface area contributed by atoms with Gasteiger partial charge in [-0.1, -0.05) is 29.4 Å². The topological polar surface area (TPSA) is 56.0 Å². The summed E-state index contributed by atoms with van der Waals surface area (Å²) in [6.45, 7) is 0. The maximum absolute atomic E-state index is 13.3. The molecule has 0 fully saturated rings. The van der Waals surface area contributed by atoms with Gasteiger partial charge >= 0.3 is 0 Å². The van der Waals surface area contributed by atoms with Crippen LogP contribution in [0.15, 0.2) is 47.0 Å². The van der Waals surface area contributed by atoms with Crippen molar-refractivity contribution in [3.63, 3.8) is 0 Å². The molecule has 0 bridgehead atoms. The fourth-order valence-corrected chi connectivity index (χ4v) is 3.57. The third kappa shape index (κ3) is 3.65. The predicted octanol–water partition coefficient (Wildman–Crippen LogP) is 4.63. The number of hydrogen-bond donors (Lipinski definition) is 0. The van der Waals surface area contributed by atoms with E-state index in [9.17, 15) is 13.6 Å². The second-order valence-corrected chi connectivity index (χ2v) is 6.74. The van der Waals surface area contributed by atoms with E-state index in [4.69, 9.17) is 4.52 Å². The third-order valence-electron chi connectivity index (χ3n) is 4.97. The average molecular weight is 368 g/mol. The molecule has 0 unspecified atom stereocenters. The van der Waals surface area contributed by atoms with Crippen molar-refractivity contribution >= 4 is 5.78 Å². The van der Waals surface area contributed by atoms with Crippen LogP contribution in [0, 0.1) is 11.6 Å². The normalized spacial score (nSPS) is 16.1. The number of aromatic nitrogens is 2. The van der Waals surface area contributed by atoms with Gasteiger partial charge in [0, 0.05) is 24.3 Å². The van der Waals surface area contributed by atoms with Gasteiger partial charge in [-0.05, 0) is 48.6 Å². The number of carbonyl (C=O) groups excluding carboxylic acids is 1. The van der Waals surface area contributed by atoms with E-state index in [1.54, 1.807) is 0 Å². The minimum absolute atomic E-state index is 0.0912. The average Bonchev–Trinajstić information content (AvgIpc) is 3.16. The Bertz CT molecular complexity index is 984. The molecule has 0 aliphatic heterocycles. The Morgan fingerprint density at radius 2 is 2.00 bits per heavy atom. The van der Waals surface area contributed by atoms with Crippen LogP contribution in [0.1, 0.15) is 58.4 Å². The number of benzene rings is 2. The zero-order valence-corrected chi connectivity index (χ0v) is 14.6. The van der Waals surface area contributed by atoms with Crippen LogP contribution < -0.4 is 0 Å². The molecule has 0 saturated heterocycles. The molecule has 0 radical (unpaired) electrons. The van der Waals surface area contributed by atoms with E-state index in [2.05, 4.69) is 22.3 Å². The molecular formula is C21H18F2N2O2. The Hall–Kier alpha value is -2.89. The summed E-state index contributed by atoms with van der Waals surface area (Å²) in [5, 5.41) is 4.11. The first-order chi connectivity index (χ1) is 13.1. The summed E-state index contributed by atoms with van der Waals surface area (Å²) in [4.78, 5) is 16.6. The highest BCUT2D eigenvalue weighted by molar-refractivity contribution is 5.96. The number of hydrogen-bond acceptors (Lipinski definition) is 4. The van der Waals surface area contributed by atoms with Gasteiger partial charge in [0.2, 0.25) is 5.89 Å². The molecule has 1 aromatic heterocycles. The molecular weight excluding hydrogens is 350 g/mol. The van der Waals surface area contributed by atoms with Crippen LogP contribution in [0.4, 0.5) is 8.78 Å². The summed E-state index contributed by atoms with van der Waals surface area (Å²) in [5.41, 5.74) is 2.68. The molecule has 1 heterocycles. The van der Waals surface area contributed by atoms with Crippen molar-refractivity contribution in [3.8, 4) is 0 Å². The lowest BCUT2D eigenvalue weighted by molar-refractivity contribution is 0.0979. The van der Waals surface area contributed by atoms with Crippen molar-refractivity contribution in [3.05, 3.63) is 82.5 Å². The Labute approximate surface area is 155 Å². The smallest absolute Gasteiger partial charge is 0.227 e. The van der Waals surface area contributed by atoms with E-state index in [1.807, 2.05) is 12.1 Å². The lowest BCUT2D eigenvalue weighted by Gasteiger charge is -2.22. The highest BCUT2D eigenvalue weighted by Crippen LogP contribution is 2.35. The molecule has 0 N–H and O–H groups in total. The number of fused-ring (bicyclic) bond motifs is 1. The highest BCUT2D eigenvalue weighted by atomic mass is 19.2. The first-order valence-corrected chi connectivity index (χ1v) is 9.00. The largest absolute Gasteiger partial charge is 0.339 e. The number of halogens is 2. The zero-order chi connectivity index (χ0) is 18.8. The van der Waals surface area contributed by atoms with E-state index in [1.165, 1.54) is 17.2 Å². The first-order valence-electron chi connectivity index (χ1n) is 9.00. The van der Waals surface area contributed by atoms with Crippen LogP contribution in [0.3, 0.4) is 0 Å². The third-order valence-corrected chi connectivity index (χ3v) is 4.97. The van der Waals surface area contributed by atoms with Gasteiger partial charge in [0.05, 0.1) is 0 Å². The summed E-state index contributed by atoms with van der Waals surface area (Å²) in [5.74, 6) is -1.18. The van der Waals surface area contributed by atoms with E-state index < -0.39 is 11.6 Å². The van der Waals surface area contributed by atoms with E-state index >= 15 is 0 Å². The first kappa shape index (κ1) is 17.5. The Balaban J connectivity index is 1.44. The number of carbonyl (C=O) groups is 1. The van der Waals surface area contributed by atoms with Crippen molar-refractivity contribution in [1.29, 1.82) is 0 Å². The van der Waals surface area contributed by atoms with Crippen molar-refractivity contribution in [1.82, 2.24) is 10.1 Å². The van der Waals surface area contributed by atoms with Crippen molar-refractivity contribution in [2.75, 3.05) is 0 Å². The van der Waals surface area contributed by atoms with Gasteiger partial charge in [-0.3, -0.25) is 4.79 Å². The van der Waals surface area contributed by atoms with Gasteiger partial charge in [0.1, 0.15) is 0 Å². The van der Waals surface area contributed by atoms with Gasteiger partial charge in [-0.15, -0.1) is 0 Å². The van der Waals surface area contributed by atoms with Crippen LogP contribution in [-0.4, -0.2) is 15.9 Å². The van der Waals surface area contributed by atoms with E-state index in [0.29, 0.717) is 11.7 Å². The Morgan fingerprint density at radius 3 is 2.85 bits per heavy atom. The molecule has 4 nitrogen and oxygen atoms in total. The molecule has 0 amide bonds. The molecule has 0 spiro atoms. The van der Waals surface area contributed by atoms with Crippen LogP contribution in [0.5, 0.6) is 0 Å². The van der Waals surface area contributed by atoms with Crippen molar-refractivity contribution in [2.24, 2.45) is 0 Å². The summed E-state index contributed by atoms with van der Waals surface area (Å²) in [7, 11) is 0. The Morgan fingerprint density at radius 1 is 1.15 bits per heavy atom. The number of aryl methyl sites for hydroxylation is 2. The molecule has 27 heavy (non-hydrogen) atoms. The second-order valence-electron chi connectivity index (χ2n) is 6.74. The summed E-state index contributed by atoms with van der Waals surface area (Å²) in [6, 6.07) is 11.4. The standard InChI is InChI=1S/C21H18F2N2O2/c22-17-9-8-14(12-18(17)23)19(26)10-11-20-24-21(25-27-20)16-7-3-5-13-4-1-2-6-15(13)16/h1-2,4,6,8-9,12,16H,3,5,7,10-11H2/t16-/m1/s1. The van der Waals surface area contributed by atoms with Crippen LogP contribution >= 0.6 is 0 Å². The SMILES string of the molecule is O=C(CCc1nc([C@@H]2CCCc3ccccc32)no1)c1ccc(F)c(F)c1. The summed E-state index contributed by atoms with van der Waals surface area (Å²) < 4.78 is 31.6. The van der Waals surface area contributed by atoms with Crippen LogP contribution in [0.25, 0.3) is 0 Å². The lowest BCUT2D eigenvalue weighted by atomic mass is 9.82. The monoisotopic (exact) mass is 368 g/mol. The number of Topliss-reactive ketones (excluding diaryl/α,β-unsaturated/α-hetero) is 1. The summed E-state index contributed by atoms with van der Waals surface area (Å²) >= 11 is 0. The number of rotatable bonds is 5. The molecule has 1 aliphatic carbocycles. The molecule has 0 saturated carbocycles. The summed E-state index contributed by atoms with van der Waals surface area (Å²) in [6.07, 6.45) is 3.44. The van der Waals surface area contributed by atoms with Crippen LogP contribution in [0.2, 0.25) is 0 Å². The quantitative estimate of drug-likeness (QED) is 0.616. The number of ketones is 1. The van der Waals surface area contributed by atoms with Crippen molar-refractivity contribution in [2.45, 2.75) is 38.0 Å².